The fourth-order valence-corrected chi connectivity index (χ4v) is 4.11. The molecule has 0 saturated heterocycles. The van der Waals surface area contributed by atoms with Crippen LogP contribution < -0.4 is 15.6 Å². The van der Waals surface area contributed by atoms with E-state index >= 15 is 0 Å². The Morgan fingerprint density at radius 3 is 2.81 bits per heavy atom. The third kappa shape index (κ3) is 4.59. The lowest BCUT2D eigenvalue weighted by atomic mass is 9.82. The molecule has 1 amide bonds. The number of hydrogen-bond donors (Lipinski definition) is 1. The van der Waals surface area contributed by atoms with Crippen molar-refractivity contribution in [1.82, 2.24) is 19.9 Å². The fraction of sp³-hybridized carbons (Fsp3) is 0.417. The van der Waals surface area contributed by atoms with Gasteiger partial charge in [0.1, 0.15) is 11.1 Å². The van der Waals surface area contributed by atoms with Gasteiger partial charge in [0.25, 0.3) is 5.56 Å². The van der Waals surface area contributed by atoms with Gasteiger partial charge in [0.05, 0.1) is 19.0 Å². The van der Waals surface area contributed by atoms with E-state index in [2.05, 4.69) is 15.3 Å². The number of carbonyl (C=O) groups excluding carboxylic acids is 1. The molecule has 3 aromatic rings. The summed E-state index contributed by atoms with van der Waals surface area (Å²) in [6.45, 7) is 6.05. The highest BCUT2D eigenvalue weighted by atomic mass is 16.6. The molecule has 1 aliphatic rings. The molecule has 0 fully saturated rings. The van der Waals surface area contributed by atoms with Crippen molar-refractivity contribution in [3.63, 3.8) is 0 Å². The minimum Gasteiger partial charge on any atom is -0.481 e. The molecular weight excluding hydrogens is 408 g/mol. The molecular formula is C24H28N4O4. The molecule has 0 bridgehead atoms. The summed E-state index contributed by atoms with van der Waals surface area (Å²) < 4.78 is 12.2. The molecule has 0 saturated carbocycles. The number of hydrogen-bond acceptors (Lipinski definition) is 6. The highest BCUT2D eigenvalue weighted by Gasteiger charge is 2.23. The van der Waals surface area contributed by atoms with Gasteiger partial charge >= 0.3 is 6.09 Å². The van der Waals surface area contributed by atoms with Crippen LogP contribution in [-0.4, -0.2) is 39.9 Å². The summed E-state index contributed by atoms with van der Waals surface area (Å²) in [6, 6.07) is 9.51. The summed E-state index contributed by atoms with van der Waals surface area (Å²) in [5.74, 6) is 0.620. The summed E-state index contributed by atoms with van der Waals surface area (Å²) in [5, 5.41) is 2.89. The molecule has 0 aliphatic heterocycles. The van der Waals surface area contributed by atoms with Crippen molar-refractivity contribution in [2.45, 2.75) is 51.6 Å². The minimum absolute atomic E-state index is 0.199. The van der Waals surface area contributed by atoms with Gasteiger partial charge < -0.3 is 14.8 Å². The second-order valence-corrected chi connectivity index (χ2v) is 8.98. The SMILES string of the molecule is COc1ccc2ncc(=O)n(-c3ccc4c(c3)CCCC4CNC(=O)OC(C)(C)C)c2n1. The van der Waals surface area contributed by atoms with Crippen LogP contribution in [0.3, 0.4) is 0 Å². The number of methoxy groups -OCH3 is 1. The number of alkyl carbamates (subject to hydrolysis) is 1. The Balaban J connectivity index is 1.64. The van der Waals surface area contributed by atoms with E-state index in [-0.39, 0.29) is 11.5 Å². The first-order chi connectivity index (χ1) is 15.2. The van der Waals surface area contributed by atoms with E-state index < -0.39 is 11.7 Å². The van der Waals surface area contributed by atoms with Gasteiger partial charge in [-0.25, -0.2) is 9.78 Å². The molecule has 1 atom stereocenters. The van der Waals surface area contributed by atoms with Crippen LogP contribution in [0, 0.1) is 0 Å². The average Bonchev–Trinajstić information content (AvgIpc) is 2.75. The van der Waals surface area contributed by atoms with Crippen molar-refractivity contribution in [1.29, 1.82) is 0 Å². The van der Waals surface area contributed by atoms with Gasteiger partial charge in [-0.1, -0.05) is 6.07 Å². The molecule has 1 N–H and O–H groups in total. The fourth-order valence-electron chi connectivity index (χ4n) is 4.11. The predicted molar refractivity (Wildman–Crippen MR) is 122 cm³/mol. The summed E-state index contributed by atoms with van der Waals surface area (Å²) >= 11 is 0. The standard InChI is InChI=1S/C24H28N4O4/c1-24(2,3)32-23(30)26-13-16-7-5-6-15-12-17(8-9-18(15)16)28-21(29)14-25-19-10-11-20(31-4)27-22(19)28/h8-12,14,16H,5-7,13H2,1-4H3,(H,26,30). The monoisotopic (exact) mass is 436 g/mol. The molecule has 2 aromatic heterocycles. The molecule has 1 aliphatic carbocycles. The largest absolute Gasteiger partial charge is 0.481 e. The summed E-state index contributed by atoms with van der Waals surface area (Å²) in [5.41, 5.74) is 3.39. The van der Waals surface area contributed by atoms with Crippen molar-refractivity contribution in [3.8, 4) is 11.6 Å². The van der Waals surface area contributed by atoms with Gasteiger partial charge in [0.2, 0.25) is 5.88 Å². The second kappa shape index (κ2) is 8.61. The molecule has 1 aromatic carbocycles. The van der Waals surface area contributed by atoms with Crippen LogP contribution in [0.5, 0.6) is 5.88 Å². The molecule has 1 unspecified atom stereocenters. The molecule has 8 heteroatoms. The van der Waals surface area contributed by atoms with E-state index in [0.29, 0.717) is 23.6 Å². The Kier molecular flexibility index (Phi) is 5.86. The van der Waals surface area contributed by atoms with Gasteiger partial charge in [-0.05, 0) is 69.4 Å². The van der Waals surface area contributed by atoms with E-state index in [9.17, 15) is 9.59 Å². The van der Waals surface area contributed by atoms with Crippen LogP contribution in [0.25, 0.3) is 16.9 Å². The van der Waals surface area contributed by atoms with Gasteiger partial charge in [-0.3, -0.25) is 9.36 Å². The molecule has 8 nitrogen and oxygen atoms in total. The Labute approximate surface area is 186 Å². The number of nitrogens with zero attached hydrogens (tertiary/aromatic N) is 3. The van der Waals surface area contributed by atoms with Crippen molar-refractivity contribution < 1.29 is 14.3 Å². The topological polar surface area (TPSA) is 95.3 Å². The smallest absolute Gasteiger partial charge is 0.407 e. The normalized spacial score (nSPS) is 15.8. The Bertz CT molecular complexity index is 1210. The minimum atomic E-state index is -0.527. The predicted octanol–water partition coefficient (Wildman–Crippen LogP) is 3.73. The van der Waals surface area contributed by atoms with Gasteiger partial charge in [0.15, 0.2) is 5.65 Å². The van der Waals surface area contributed by atoms with Crippen molar-refractivity contribution in [2.75, 3.05) is 13.7 Å². The van der Waals surface area contributed by atoms with E-state index in [1.807, 2.05) is 39.0 Å². The van der Waals surface area contributed by atoms with Crippen LogP contribution in [0.15, 0.2) is 41.3 Å². The van der Waals surface area contributed by atoms with Crippen LogP contribution in [0.2, 0.25) is 0 Å². The van der Waals surface area contributed by atoms with Gasteiger partial charge in [-0.15, -0.1) is 0 Å². The number of rotatable bonds is 4. The van der Waals surface area contributed by atoms with E-state index in [4.69, 9.17) is 9.47 Å². The van der Waals surface area contributed by atoms with E-state index in [0.717, 1.165) is 24.9 Å². The Morgan fingerprint density at radius 2 is 2.06 bits per heavy atom. The summed E-state index contributed by atoms with van der Waals surface area (Å²) in [6.07, 6.45) is 3.81. The van der Waals surface area contributed by atoms with Crippen LogP contribution in [0.4, 0.5) is 4.79 Å². The molecule has 168 valence electrons. The number of benzene rings is 1. The van der Waals surface area contributed by atoms with Crippen molar-refractivity contribution >= 4 is 17.3 Å². The number of pyridine rings is 1. The number of aromatic nitrogens is 3. The zero-order chi connectivity index (χ0) is 22.9. The quantitative estimate of drug-likeness (QED) is 0.670. The number of amides is 1. The van der Waals surface area contributed by atoms with Gasteiger partial charge in [-0.2, -0.15) is 4.98 Å². The van der Waals surface area contributed by atoms with Crippen LogP contribution >= 0.6 is 0 Å². The number of ether oxygens (including phenoxy) is 2. The molecule has 0 spiro atoms. The second-order valence-electron chi connectivity index (χ2n) is 8.98. The lowest BCUT2D eigenvalue weighted by molar-refractivity contribution is 0.0523. The molecule has 4 rings (SSSR count). The van der Waals surface area contributed by atoms with E-state index in [1.165, 1.54) is 24.4 Å². The lowest BCUT2D eigenvalue weighted by Crippen LogP contribution is -2.35. The Morgan fingerprint density at radius 1 is 1.25 bits per heavy atom. The average molecular weight is 437 g/mol. The lowest BCUT2D eigenvalue weighted by Gasteiger charge is -2.27. The highest BCUT2D eigenvalue weighted by Crippen LogP contribution is 2.33. The van der Waals surface area contributed by atoms with Crippen LogP contribution in [0.1, 0.15) is 50.7 Å². The van der Waals surface area contributed by atoms with Gasteiger partial charge in [0, 0.05) is 18.5 Å². The molecule has 2 heterocycles. The summed E-state index contributed by atoms with van der Waals surface area (Å²) in [4.78, 5) is 33.4. The maximum atomic E-state index is 12.7. The van der Waals surface area contributed by atoms with Crippen molar-refractivity contribution in [2.24, 2.45) is 0 Å². The zero-order valence-corrected chi connectivity index (χ0v) is 18.8. The Hall–Kier alpha value is -3.42. The third-order valence-corrected chi connectivity index (χ3v) is 5.50. The maximum Gasteiger partial charge on any atom is 0.407 e. The molecule has 0 radical (unpaired) electrons. The maximum absolute atomic E-state index is 12.7. The number of nitrogens with one attached hydrogen (secondary N) is 1. The number of fused-ring (bicyclic) bond motifs is 2. The highest BCUT2D eigenvalue weighted by molar-refractivity contribution is 5.73. The molecule has 32 heavy (non-hydrogen) atoms. The first-order valence-corrected chi connectivity index (χ1v) is 10.8. The number of aryl methyl sites for hydroxylation is 1. The number of carbonyl (C=O) groups is 1. The van der Waals surface area contributed by atoms with E-state index in [1.54, 1.807) is 16.7 Å². The summed E-state index contributed by atoms with van der Waals surface area (Å²) in [7, 11) is 1.54. The third-order valence-electron chi connectivity index (χ3n) is 5.50. The first kappa shape index (κ1) is 21.8. The zero-order valence-electron chi connectivity index (χ0n) is 18.8. The van der Waals surface area contributed by atoms with Crippen LogP contribution in [-0.2, 0) is 11.2 Å². The first-order valence-electron chi connectivity index (χ1n) is 10.8. The van der Waals surface area contributed by atoms with Crippen molar-refractivity contribution in [3.05, 3.63) is 58.0 Å².